The van der Waals surface area contributed by atoms with Gasteiger partial charge in [0.1, 0.15) is 17.6 Å². The van der Waals surface area contributed by atoms with Crippen LogP contribution in [-0.4, -0.2) is 29.1 Å². The van der Waals surface area contributed by atoms with E-state index in [0.29, 0.717) is 31.5 Å². The van der Waals surface area contributed by atoms with Gasteiger partial charge in [-0.05, 0) is 31.5 Å². The Morgan fingerprint density at radius 1 is 1.07 bits per heavy atom. The van der Waals surface area contributed by atoms with Gasteiger partial charge in [-0.25, -0.2) is 9.98 Å². The van der Waals surface area contributed by atoms with E-state index in [4.69, 9.17) is 4.42 Å². The van der Waals surface area contributed by atoms with E-state index in [2.05, 4.69) is 20.6 Å². The van der Waals surface area contributed by atoms with Gasteiger partial charge in [0.25, 0.3) is 0 Å². The van der Waals surface area contributed by atoms with Crippen LogP contribution in [0.3, 0.4) is 0 Å². The minimum atomic E-state index is -1.01. The summed E-state index contributed by atoms with van der Waals surface area (Å²) in [6, 6.07) is 19.3. The van der Waals surface area contributed by atoms with E-state index in [1.54, 1.807) is 13.2 Å². The molecule has 3 rings (SSSR count). The van der Waals surface area contributed by atoms with Crippen molar-refractivity contribution in [1.82, 2.24) is 15.6 Å². The molecule has 0 radical (unpaired) electrons. The van der Waals surface area contributed by atoms with Crippen LogP contribution in [0, 0.1) is 0 Å². The van der Waals surface area contributed by atoms with Crippen LogP contribution in [0.1, 0.15) is 25.1 Å². The van der Waals surface area contributed by atoms with Gasteiger partial charge in [0, 0.05) is 12.1 Å². The molecule has 1 atom stereocenters. The number of hydrogen-bond acceptors (Lipinski definition) is 4. The Morgan fingerprint density at radius 3 is 2.43 bits per heavy atom. The van der Waals surface area contributed by atoms with Crippen LogP contribution in [0.2, 0.25) is 0 Å². The summed E-state index contributed by atoms with van der Waals surface area (Å²) in [5.74, 6) is 1.19. The van der Waals surface area contributed by atoms with Gasteiger partial charge in [0.15, 0.2) is 5.96 Å². The molecule has 2 aromatic carbocycles. The maximum absolute atomic E-state index is 10.7. The maximum atomic E-state index is 10.7. The summed E-state index contributed by atoms with van der Waals surface area (Å²) in [5, 5.41) is 17.1. The van der Waals surface area contributed by atoms with Gasteiger partial charge in [-0.3, -0.25) is 0 Å². The van der Waals surface area contributed by atoms with Gasteiger partial charge in [-0.15, -0.1) is 0 Å². The van der Waals surface area contributed by atoms with Gasteiger partial charge in [0.2, 0.25) is 5.89 Å². The lowest BCUT2D eigenvalue weighted by molar-refractivity contribution is 0.0617. The minimum Gasteiger partial charge on any atom is -0.444 e. The number of nitrogens with one attached hydrogen (secondary N) is 2. The first-order valence-corrected chi connectivity index (χ1v) is 9.38. The topological polar surface area (TPSA) is 82.7 Å². The van der Waals surface area contributed by atoms with E-state index in [0.717, 1.165) is 16.8 Å². The number of hydrogen-bond donors (Lipinski definition) is 3. The SMILES string of the molecule is CCNC(=NCc1coc(-c2ccccc2)n1)NCC(C)(O)c1ccccc1. The molecule has 0 saturated carbocycles. The number of aliphatic imine (C=N–C) groups is 1. The summed E-state index contributed by atoms with van der Waals surface area (Å²) < 4.78 is 5.55. The largest absolute Gasteiger partial charge is 0.444 e. The van der Waals surface area contributed by atoms with Gasteiger partial charge < -0.3 is 20.2 Å². The van der Waals surface area contributed by atoms with Crippen molar-refractivity contribution in [2.75, 3.05) is 13.1 Å². The first kappa shape index (κ1) is 19.6. The second-order valence-electron chi connectivity index (χ2n) is 6.70. The highest BCUT2D eigenvalue weighted by Gasteiger charge is 2.23. The molecule has 28 heavy (non-hydrogen) atoms. The lowest BCUT2D eigenvalue weighted by Crippen LogP contribution is -2.44. The van der Waals surface area contributed by atoms with E-state index in [-0.39, 0.29) is 0 Å². The molecule has 0 amide bonds. The van der Waals surface area contributed by atoms with Crippen molar-refractivity contribution >= 4 is 5.96 Å². The van der Waals surface area contributed by atoms with E-state index in [1.165, 1.54) is 0 Å². The second kappa shape index (κ2) is 9.19. The molecular weight excluding hydrogens is 352 g/mol. The van der Waals surface area contributed by atoms with Crippen LogP contribution in [0.15, 0.2) is 76.3 Å². The van der Waals surface area contributed by atoms with Crippen molar-refractivity contribution < 1.29 is 9.52 Å². The zero-order valence-electron chi connectivity index (χ0n) is 16.2. The summed E-state index contributed by atoms with van der Waals surface area (Å²) in [7, 11) is 0. The second-order valence-corrected chi connectivity index (χ2v) is 6.70. The summed E-state index contributed by atoms with van der Waals surface area (Å²) in [6.45, 7) is 5.20. The van der Waals surface area contributed by atoms with E-state index >= 15 is 0 Å². The van der Waals surface area contributed by atoms with Gasteiger partial charge in [0.05, 0.1) is 13.1 Å². The molecule has 0 aliphatic rings. The molecule has 1 unspecified atom stereocenters. The van der Waals surface area contributed by atoms with Crippen LogP contribution in [0.5, 0.6) is 0 Å². The Hall–Kier alpha value is -3.12. The lowest BCUT2D eigenvalue weighted by Gasteiger charge is -2.25. The fourth-order valence-electron chi connectivity index (χ4n) is 2.75. The highest BCUT2D eigenvalue weighted by Crippen LogP contribution is 2.19. The molecule has 1 heterocycles. The predicted molar refractivity (Wildman–Crippen MR) is 111 cm³/mol. The molecule has 6 nitrogen and oxygen atoms in total. The fraction of sp³-hybridized carbons (Fsp3) is 0.273. The molecule has 0 aliphatic carbocycles. The average Bonchev–Trinajstić information content (AvgIpc) is 3.20. The minimum absolute atomic E-state index is 0.330. The van der Waals surface area contributed by atoms with Crippen molar-refractivity contribution in [2.24, 2.45) is 4.99 Å². The summed E-state index contributed by atoms with van der Waals surface area (Å²) in [4.78, 5) is 9.04. The standard InChI is InChI=1S/C22H26N4O2/c1-3-23-21(25-16-22(2,27)18-12-8-5-9-13-18)24-14-19-15-28-20(26-19)17-10-6-4-7-11-17/h4-13,15,27H,3,14,16H2,1-2H3,(H2,23,24,25). The molecule has 146 valence electrons. The highest BCUT2D eigenvalue weighted by molar-refractivity contribution is 5.79. The van der Waals surface area contributed by atoms with Crippen LogP contribution >= 0.6 is 0 Å². The molecule has 3 aromatic rings. The van der Waals surface area contributed by atoms with Crippen molar-refractivity contribution in [3.8, 4) is 11.5 Å². The van der Waals surface area contributed by atoms with Crippen LogP contribution in [0.25, 0.3) is 11.5 Å². The monoisotopic (exact) mass is 378 g/mol. The Labute approximate surface area is 165 Å². The van der Waals surface area contributed by atoms with Crippen molar-refractivity contribution in [3.63, 3.8) is 0 Å². The predicted octanol–water partition coefficient (Wildman–Crippen LogP) is 3.30. The number of oxazole rings is 1. The van der Waals surface area contributed by atoms with Crippen molar-refractivity contribution in [1.29, 1.82) is 0 Å². The Kier molecular flexibility index (Phi) is 6.45. The van der Waals surface area contributed by atoms with Crippen molar-refractivity contribution in [3.05, 3.63) is 78.2 Å². The molecule has 0 saturated heterocycles. The molecule has 0 aliphatic heterocycles. The number of guanidine groups is 1. The molecular formula is C22H26N4O2. The number of aromatic nitrogens is 1. The van der Waals surface area contributed by atoms with Crippen LogP contribution in [-0.2, 0) is 12.1 Å². The van der Waals surface area contributed by atoms with E-state index < -0.39 is 5.60 Å². The Morgan fingerprint density at radius 2 is 1.75 bits per heavy atom. The number of nitrogens with zero attached hydrogens (tertiary/aromatic N) is 2. The van der Waals surface area contributed by atoms with E-state index in [1.807, 2.05) is 67.6 Å². The highest BCUT2D eigenvalue weighted by atomic mass is 16.3. The number of benzene rings is 2. The number of aliphatic hydroxyl groups is 1. The average molecular weight is 378 g/mol. The van der Waals surface area contributed by atoms with Crippen LogP contribution in [0.4, 0.5) is 0 Å². The van der Waals surface area contributed by atoms with Gasteiger partial charge >= 0.3 is 0 Å². The molecule has 0 bridgehead atoms. The van der Waals surface area contributed by atoms with E-state index in [9.17, 15) is 5.11 Å². The van der Waals surface area contributed by atoms with Gasteiger partial charge in [-0.2, -0.15) is 0 Å². The summed E-state index contributed by atoms with van der Waals surface area (Å²) in [5.41, 5.74) is 1.51. The Balaban J connectivity index is 1.64. The molecule has 1 aromatic heterocycles. The normalized spacial score (nSPS) is 13.8. The molecule has 6 heteroatoms. The third-order valence-electron chi connectivity index (χ3n) is 4.31. The first-order valence-electron chi connectivity index (χ1n) is 9.38. The number of rotatable bonds is 7. The zero-order valence-corrected chi connectivity index (χ0v) is 16.2. The van der Waals surface area contributed by atoms with Crippen LogP contribution < -0.4 is 10.6 Å². The molecule has 3 N–H and O–H groups in total. The summed E-state index contributed by atoms with van der Waals surface area (Å²) >= 11 is 0. The quantitative estimate of drug-likeness (QED) is 0.434. The zero-order chi connectivity index (χ0) is 19.8. The third-order valence-corrected chi connectivity index (χ3v) is 4.31. The smallest absolute Gasteiger partial charge is 0.226 e. The van der Waals surface area contributed by atoms with Crippen molar-refractivity contribution in [2.45, 2.75) is 26.0 Å². The summed E-state index contributed by atoms with van der Waals surface area (Å²) in [6.07, 6.45) is 1.62. The van der Waals surface area contributed by atoms with Gasteiger partial charge in [-0.1, -0.05) is 48.5 Å². The fourth-order valence-corrected chi connectivity index (χ4v) is 2.75. The maximum Gasteiger partial charge on any atom is 0.226 e. The Bertz CT molecular complexity index is 889. The third kappa shape index (κ3) is 5.20. The molecule has 0 spiro atoms. The molecule has 0 fully saturated rings. The first-order chi connectivity index (χ1) is 13.6. The lowest BCUT2D eigenvalue weighted by atomic mass is 9.96.